The van der Waals surface area contributed by atoms with Gasteiger partial charge in [-0.2, -0.15) is 5.10 Å². The molecule has 1 fully saturated rings. The van der Waals surface area contributed by atoms with Crippen LogP contribution < -0.4 is 4.22 Å². The lowest BCUT2D eigenvalue weighted by molar-refractivity contribution is 0.123. The van der Waals surface area contributed by atoms with Gasteiger partial charge in [-0.05, 0) is 18.1 Å². The number of halogens is 2. The molecule has 1 atom stereocenters. The summed E-state index contributed by atoms with van der Waals surface area (Å²) in [4.78, 5) is 5.01. The number of alkyl halides is 2. The lowest BCUT2D eigenvalue weighted by Gasteiger charge is -2.21. The summed E-state index contributed by atoms with van der Waals surface area (Å²) < 4.78 is 42.6. The van der Waals surface area contributed by atoms with E-state index in [1.165, 1.54) is 4.68 Å². The zero-order valence-corrected chi connectivity index (χ0v) is 20.7. The van der Waals surface area contributed by atoms with Crippen LogP contribution in [0.15, 0.2) is 77.8 Å². The first kappa shape index (κ1) is 24.5. The number of aliphatic imine (C=N–C) groups is 1. The Labute approximate surface area is 213 Å². The highest BCUT2D eigenvalue weighted by molar-refractivity contribution is 7.94. The van der Waals surface area contributed by atoms with Crippen molar-refractivity contribution >= 4 is 47.5 Å². The first-order chi connectivity index (χ1) is 17.5. The number of benzene rings is 3. The molecule has 0 bridgehead atoms. The second kappa shape index (κ2) is 10.4. The highest BCUT2D eigenvalue weighted by Crippen LogP contribution is 2.40. The van der Waals surface area contributed by atoms with E-state index in [0.29, 0.717) is 28.7 Å². The van der Waals surface area contributed by atoms with E-state index in [9.17, 15) is 13.3 Å². The maximum Gasteiger partial charge on any atom is 0.307 e. The number of anilines is 1. The van der Waals surface area contributed by atoms with Gasteiger partial charge in [-0.3, -0.25) is 4.68 Å². The van der Waals surface area contributed by atoms with Gasteiger partial charge in [-0.15, -0.1) is 0 Å². The smallest absolute Gasteiger partial charge is 0.307 e. The molecule has 5 nitrogen and oxygen atoms in total. The predicted molar refractivity (Wildman–Crippen MR) is 143 cm³/mol. The van der Waals surface area contributed by atoms with Crippen LogP contribution in [0.2, 0.25) is 0 Å². The Hall–Kier alpha value is -3.17. The number of aromatic nitrogens is 2. The molecule has 0 amide bonds. The van der Waals surface area contributed by atoms with Crippen molar-refractivity contribution in [3.05, 3.63) is 89.5 Å². The molecule has 4 aromatic rings. The number of fused-ring (bicyclic) bond motifs is 1. The van der Waals surface area contributed by atoms with E-state index in [4.69, 9.17) is 13.0 Å². The van der Waals surface area contributed by atoms with Crippen LogP contribution in [-0.2, 0) is 24.3 Å². The second-order valence-corrected chi connectivity index (χ2v) is 10.3. The Balaban J connectivity index is 1.76. The van der Waals surface area contributed by atoms with Crippen LogP contribution in [0.25, 0.3) is 10.9 Å². The molecule has 1 heterocycles. The third-order valence-corrected chi connectivity index (χ3v) is 7.77. The van der Waals surface area contributed by atoms with Crippen LogP contribution in [0.4, 0.5) is 20.3 Å². The van der Waals surface area contributed by atoms with E-state index in [-0.39, 0.29) is 11.1 Å². The van der Waals surface area contributed by atoms with Gasteiger partial charge in [0.05, 0.1) is 33.7 Å². The molecule has 0 saturated heterocycles. The van der Waals surface area contributed by atoms with Crippen LogP contribution in [0.1, 0.15) is 36.5 Å². The lowest BCUT2D eigenvalue weighted by atomic mass is 10.0. The maximum absolute atomic E-state index is 13.7. The van der Waals surface area contributed by atoms with Crippen LogP contribution in [-0.4, -0.2) is 39.7 Å². The molecule has 1 aromatic heterocycles. The van der Waals surface area contributed by atoms with Gasteiger partial charge in [0, 0.05) is 24.0 Å². The summed E-state index contributed by atoms with van der Waals surface area (Å²) in [6.45, 7) is 1.35. The Kier molecular flexibility index (Phi) is 7.12. The number of nitrogens with zero attached hydrogens (tertiary/aromatic N) is 4. The molecule has 9 heteroatoms. The third kappa shape index (κ3) is 4.90. The SMILES string of the molecule is [B]N(c1nn(CC(F)F)c2c(N=C(c3ccccc3)c3ccccc3)ccc(CC)c12)[S+]([O-])C1CC1. The first-order valence-corrected chi connectivity index (χ1v) is 13.1. The molecule has 0 spiro atoms. The second-order valence-electron chi connectivity index (χ2n) is 8.71. The summed E-state index contributed by atoms with van der Waals surface area (Å²) in [5, 5.41) is 5.04. The van der Waals surface area contributed by atoms with Gasteiger partial charge in [0.1, 0.15) is 11.8 Å². The third-order valence-electron chi connectivity index (χ3n) is 6.17. The van der Waals surface area contributed by atoms with E-state index in [1.807, 2.05) is 79.7 Å². The molecule has 3 aromatic carbocycles. The Morgan fingerprint density at radius 3 is 2.22 bits per heavy atom. The van der Waals surface area contributed by atoms with Crippen molar-refractivity contribution in [1.29, 1.82) is 0 Å². The molecular formula is C27H25BF2N4OS. The topological polar surface area (TPSA) is 56.5 Å². The molecule has 1 aliphatic carbocycles. The number of rotatable bonds is 9. The largest absolute Gasteiger partial charge is 0.594 e. The fourth-order valence-corrected chi connectivity index (χ4v) is 5.43. The maximum atomic E-state index is 13.7. The van der Waals surface area contributed by atoms with Gasteiger partial charge in [0.2, 0.25) is 0 Å². The zero-order chi connectivity index (χ0) is 25.2. The van der Waals surface area contributed by atoms with E-state index in [1.54, 1.807) is 0 Å². The number of hydrogen-bond donors (Lipinski definition) is 0. The number of hydrogen-bond acceptors (Lipinski definition) is 4. The van der Waals surface area contributed by atoms with Crippen molar-refractivity contribution in [2.45, 2.75) is 44.4 Å². The highest BCUT2D eigenvalue weighted by Gasteiger charge is 2.39. The average Bonchev–Trinajstić information content (AvgIpc) is 3.69. The van der Waals surface area contributed by atoms with Crippen molar-refractivity contribution in [3.63, 3.8) is 0 Å². The highest BCUT2D eigenvalue weighted by atomic mass is 32.2. The molecule has 0 aliphatic heterocycles. The van der Waals surface area contributed by atoms with E-state index in [0.717, 1.165) is 33.7 Å². The van der Waals surface area contributed by atoms with Crippen LogP contribution in [0.3, 0.4) is 0 Å². The predicted octanol–water partition coefficient (Wildman–Crippen LogP) is 5.75. The zero-order valence-electron chi connectivity index (χ0n) is 19.8. The molecule has 0 N–H and O–H groups in total. The van der Waals surface area contributed by atoms with Crippen molar-refractivity contribution in [3.8, 4) is 0 Å². The lowest BCUT2D eigenvalue weighted by Crippen LogP contribution is -2.32. The van der Waals surface area contributed by atoms with Crippen LogP contribution in [0, 0.1) is 0 Å². The average molecular weight is 502 g/mol. The molecule has 1 aliphatic rings. The molecule has 1 unspecified atom stereocenters. The minimum Gasteiger partial charge on any atom is -0.594 e. The van der Waals surface area contributed by atoms with Gasteiger partial charge in [-0.1, -0.05) is 73.7 Å². The van der Waals surface area contributed by atoms with E-state index in [2.05, 4.69) is 5.10 Å². The normalized spacial score (nSPS) is 14.2. The van der Waals surface area contributed by atoms with Gasteiger partial charge < -0.3 is 4.55 Å². The molecular weight excluding hydrogens is 477 g/mol. The minimum absolute atomic E-state index is 0.0284. The Morgan fingerprint density at radius 2 is 1.69 bits per heavy atom. The monoisotopic (exact) mass is 502 g/mol. The van der Waals surface area contributed by atoms with Gasteiger partial charge in [0.15, 0.2) is 5.82 Å². The Bertz CT molecular complexity index is 1340. The summed E-state index contributed by atoms with van der Waals surface area (Å²) in [5.74, 6) is 0.241. The minimum atomic E-state index is -2.63. The fourth-order valence-electron chi connectivity index (χ4n) is 4.27. The molecule has 2 radical (unpaired) electrons. The standard InChI is InChI=1S/C27H25BF2N4OS/c1-2-18-13-16-22(31-25(19-9-5-3-6-10-19)20-11-7-4-8-12-20)26-24(18)27(32-33(26)17-23(29)30)34(28)36(35)21-14-15-21/h3-13,16,21,23H,2,14-15,17H2,1H3. The summed E-state index contributed by atoms with van der Waals surface area (Å²) in [6.07, 6.45) is -0.360. The first-order valence-electron chi connectivity index (χ1n) is 11.9. The summed E-state index contributed by atoms with van der Waals surface area (Å²) in [6, 6.07) is 23.2. The molecule has 36 heavy (non-hydrogen) atoms. The van der Waals surface area contributed by atoms with E-state index >= 15 is 0 Å². The summed E-state index contributed by atoms with van der Waals surface area (Å²) in [7, 11) is 6.28. The van der Waals surface area contributed by atoms with Crippen molar-refractivity contribution in [2.24, 2.45) is 4.99 Å². The van der Waals surface area contributed by atoms with Gasteiger partial charge >= 0.3 is 7.98 Å². The quantitative estimate of drug-likeness (QED) is 0.166. The summed E-state index contributed by atoms with van der Waals surface area (Å²) in [5.41, 5.74) is 4.33. The summed E-state index contributed by atoms with van der Waals surface area (Å²) >= 11 is -1.49. The molecule has 5 rings (SSSR count). The number of aryl methyl sites for hydroxylation is 1. The van der Waals surface area contributed by atoms with Crippen molar-refractivity contribution in [2.75, 3.05) is 4.22 Å². The van der Waals surface area contributed by atoms with Crippen LogP contribution in [0.5, 0.6) is 0 Å². The van der Waals surface area contributed by atoms with Crippen molar-refractivity contribution < 1.29 is 13.3 Å². The fraction of sp³-hybridized carbons (Fsp3) is 0.259. The molecule has 182 valence electrons. The Morgan fingerprint density at radius 1 is 1.08 bits per heavy atom. The van der Waals surface area contributed by atoms with Crippen LogP contribution >= 0.6 is 0 Å². The molecule has 1 saturated carbocycles. The van der Waals surface area contributed by atoms with Crippen molar-refractivity contribution in [1.82, 2.24) is 9.78 Å². The van der Waals surface area contributed by atoms with Gasteiger partial charge in [-0.25, -0.2) is 18.0 Å². The van der Waals surface area contributed by atoms with E-state index < -0.39 is 24.3 Å². The van der Waals surface area contributed by atoms with Gasteiger partial charge in [0.25, 0.3) is 6.43 Å².